The van der Waals surface area contributed by atoms with E-state index in [9.17, 15) is 9.59 Å². The molecule has 0 radical (unpaired) electrons. The van der Waals surface area contributed by atoms with Crippen molar-refractivity contribution < 1.29 is 9.53 Å². The number of pyridine rings is 1. The van der Waals surface area contributed by atoms with Crippen LogP contribution in [0.4, 0.5) is 0 Å². The van der Waals surface area contributed by atoms with Crippen LogP contribution in [0.3, 0.4) is 0 Å². The average molecular weight is 370 g/mol. The van der Waals surface area contributed by atoms with E-state index in [4.69, 9.17) is 4.74 Å². The second-order valence-corrected chi connectivity index (χ2v) is 7.27. The van der Waals surface area contributed by atoms with E-state index in [1.807, 2.05) is 30.5 Å². The fourth-order valence-corrected chi connectivity index (χ4v) is 3.52. The van der Waals surface area contributed by atoms with Crippen molar-refractivity contribution in [3.63, 3.8) is 0 Å². The summed E-state index contributed by atoms with van der Waals surface area (Å²) in [6.45, 7) is 2.82. The van der Waals surface area contributed by atoms with Gasteiger partial charge in [-0.1, -0.05) is 6.07 Å². The number of nitrogens with zero attached hydrogens (tertiary/aromatic N) is 3. The predicted molar refractivity (Wildman–Crippen MR) is 98.6 cm³/mol. The number of H-pyrrole nitrogens is 1. The quantitative estimate of drug-likeness (QED) is 0.762. The molecule has 4 heterocycles. The second-order valence-electron chi connectivity index (χ2n) is 6.32. The maximum Gasteiger partial charge on any atom is 0.274 e. The Balaban J connectivity index is 1.37. The number of carbonyl (C=O) groups excluding carboxylic acids is 1. The van der Waals surface area contributed by atoms with E-state index < -0.39 is 0 Å². The summed E-state index contributed by atoms with van der Waals surface area (Å²) in [5, 5.41) is 9.01. The number of thiophene rings is 1. The van der Waals surface area contributed by atoms with Gasteiger partial charge in [0.25, 0.3) is 11.5 Å². The third-order valence-electron chi connectivity index (χ3n) is 4.50. The lowest BCUT2D eigenvalue weighted by atomic mass is 10.1. The number of amides is 1. The minimum atomic E-state index is -0.121. The molecule has 1 N–H and O–H groups in total. The van der Waals surface area contributed by atoms with Gasteiger partial charge < -0.3 is 14.2 Å². The summed E-state index contributed by atoms with van der Waals surface area (Å²) in [5.74, 6) is 0.423. The van der Waals surface area contributed by atoms with Crippen molar-refractivity contribution in [2.24, 2.45) is 7.05 Å². The van der Waals surface area contributed by atoms with E-state index >= 15 is 0 Å². The number of aromatic nitrogens is 3. The smallest absolute Gasteiger partial charge is 0.274 e. The van der Waals surface area contributed by atoms with Crippen molar-refractivity contribution in [1.82, 2.24) is 19.7 Å². The van der Waals surface area contributed by atoms with Gasteiger partial charge in [0.2, 0.25) is 0 Å². The van der Waals surface area contributed by atoms with E-state index in [0.29, 0.717) is 24.5 Å². The van der Waals surface area contributed by atoms with E-state index in [1.165, 1.54) is 6.07 Å². The molecule has 4 rings (SSSR count). The molecule has 1 amide bonds. The van der Waals surface area contributed by atoms with Gasteiger partial charge in [0.05, 0.1) is 23.7 Å². The molecule has 1 aliphatic rings. The number of aromatic amines is 1. The first-order valence-corrected chi connectivity index (χ1v) is 9.12. The lowest BCUT2D eigenvalue weighted by molar-refractivity contribution is 0.0172. The second kappa shape index (κ2) is 6.45. The van der Waals surface area contributed by atoms with Gasteiger partial charge in [-0.15, -0.1) is 11.3 Å². The monoisotopic (exact) mass is 370 g/mol. The maximum atomic E-state index is 12.5. The molecule has 134 valence electrons. The number of carbonyl (C=O) groups is 1. The van der Waals surface area contributed by atoms with E-state index in [-0.39, 0.29) is 17.6 Å². The minimum Gasteiger partial charge on any atom is -0.486 e. The number of aryl methyl sites for hydroxylation is 1. The summed E-state index contributed by atoms with van der Waals surface area (Å²) < 4.78 is 7.38. The topological polar surface area (TPSA) is 80.2 Å². The molecule has 0 spiro atoms. The Morgan fingerprint density at radius 3 is 2.85 bits per heavy atom. The highest BCUT2D eigenvalue weighted by Crippen LogP contribution is 2.24. The number of rotatable bonds is 4. The summed E-state index contributed by atoms with van der Waals surface area (Å²) in [4.78, 5) is 27.0. The molecule has 3 aromatic rings. The molecule has 26 heavy (non-hydrogen) atoms. The molecule has 3 aromatic heterocycles. The van der Waals surface area contributed by atoms with Crippen molar-refractivity contribution in [2.75, 3.05) is 13.1 Å². The molecule has 1 fully saturated rings. The molecule has 0 bridgehead atoms. The lowest BCUT2D eigenvalue weighted by Crippen LogP contribution is -2.56. The molecule has 0 unspecified atom stereocenters. The fourth-order valence-electron chi connectivity index (χ4n) is 2.83. The highest BCUT2D eigenvalue weighted by atomic mass is 32.1. The third-order valence-corrected chi connectivity index (χ3v) is 5.40. The van der Waals surface area contributed by atoms with Crippen molar-refractivity contribution in [1.29, 1.82) is 0 Å². The predicted octanol–water partition coefficient (Wildman–Crippen LogP) is 2.05. The van der Waals surface area contributed by atoms with Gasteiger partial charge in [0, 0.05) is 18.8 Å². The van der Waals surface area contributed by atoms with Gasteiger partial charge in [0.1, 0.15) is 11.9 Å². The molecule has 0 aromatic carbocycles. The molecule has 0 saturated carbocycles. The van der Waals surface area contributed by atoms with Crippen LogP contribution in [-0.4, -0.2) is 44.8 Å². The normalized spacial score (nSPS) is 14.3. The standard InChI is InChI=1S/C18H18N4O3S/c1-11-6-12(7-17(23)21(11)2)25-13-9-22(10-13)18(24)15-8-14(19-20-15)16-4-3-5-26-16/h3-8,13H,9-10H2,1-2H3,(H,19,20). The van der Waals surface area contributed by atoms with Crippen LogP contribution in [0.1, 0.15) is 16.2 Å². The van der Waals surface area contributed by atoms with Crippen LogP contribution in [0.15, 0.2) is 40.5 Å². The average Bonchev–Trinajstić information content (AvgIpc) is 3.25. The molecular weight excluding hydrogens is 352 g/mol. The summed E-state index contributed by atoms with van der Waals surface area (Å²) in [7, 11) is 1.72. The van der Waals surface area contributed by atoms with Gasteiger partial charge in [0.15, 0.2) is 5.69 Å². The van der Waals surface area contributed by atoms with E-state index in [1.54, 1.807) is 33.9 Å². The largest absolute Gasteiger partial charge is 0.486 e. The Morgan fingerprint density at radius 1 is 1.35 bits per heavy atom. The Hall–Kier alpha value is -2.87. The van der Waals surface area contributed by atoms with E-state index in [0.717, 1.165) is 16.3 Å². The molecular formula is C18H18N4O3S. The molecule has 0 aliphatic carbocycles. The van der Waals surface area contributed by atoms with Crippen LogP contribution in [0, 0.1) is 6.92 Å². The first-order valence-electron chi connectivity index (χ1n) is 8.24. The van der Waals surface area contributed by atoms with Gasteiger partial charge in [-0.25, -0.2) is 0 Å². The van der Waals surface area contributed by atoms with Gasteiger partial charge in [-0.2, -0.15) is 5.10 Å². The van der Waals surface area contributed by atoms with Crippen molar-refractivity contribution in [3.8, 4) is 16.3 Å². The minimum absolute atomic E-state index is 0.107. The number of hydrogen-bond acceptors (Lipinski definition) is 5. The number of nitrogens with one attached hydrogen (secondary N) is 1. The van der Waals surface area contributed by atoms with Crippen LogP contribution >= 0.6 is 11.3 Å². The summed E-state index contributed by atoms with van der Waals surface area (Å²) in [6, 6.07) is 9.00. The van der Waals surface area contributed by atoms with Crippen molar-refractivity contribution in [3.05, 3.63) is 57.5 Å². The summed E-state index contributed by atoms with van der Waals surface area (Å²) in [6.07, 6.45) is -0.110. The van der Waals surface area contributed by atoms with Gasteiger partial charge in [-0.3, -0.25) is 14.7 Å². The molecule has 0 atom stereocenters. The van der Waals surface area contributed by atoms with Crippen molar-refractivity contribution in [2.45, 2.75) is 13.0 Å². The zero-order chi connectivity index (χ0) is 18.3. The SMILES string of the molecule is Cc1cc(OC2CN(C(=O)c3cc(-c4cccs4)[nH]n3)C2)cc(=O)n1C. The van der Waals surface area contributed by atoms with E-state index in [2.05, 4.69) is 10.2 Å². The lowest BCUT2D eigenvalue weighted by Gasteiger charge is -2.38. The van der Waals surface area contributed by atoms with Crippen molar-refractivity contribution >= 4 is 17.2 Å². The highest BCUT2D eigenvalue weighted by molar-refractivity contribution is 7.13. The Bertz CT molecular complexity index is 1000. The Morgan fingerprint density at radius 2 is 2.15 bits per heavy atom. The third kappa shape index (κ3) is 3.03. The van der Waals surface area contributed by atoms with Crippen LogP contribution in [0.25, 0.3) is 10.6 Å². The van der Waals surface area contributed by atoms with Crippen LogP contribution < -0.4 is 10.3 Å². The van der Waals surface area contributed by atoms with Gasteiger partial charge in [-0.05, 0) is 30.5 Å². The van der Waals surface area contributed by atoms with Gasteiger partial charge >= 0.3 is 0 Å². The summed E-state index contributed by atoms with van der Waals surface area (Å²) in [5.41, 5.74) is 1.96. The zero-order valence-electron chi connectivity index (χ0n) is 14.4. The fraction of sp³-hybridized carbons (Fsp3) is 0.278. The highest BCUT2D eigenvalue weighted by Gasteiger charge is 2.34. The molecule has 8 heteroatoms. The van der Waals surface area contributed by atoms with Crippen LogP contribution in [0.5, 0.6) is 5.75 Å². The Kier molecular flexibility index (Phi) is 4.12. The Labute approximate surface area is 153 Å². The maximum absolute atomic E-state index is 12.5. The number of ether oxygens (including phenoxy) is 1. The van der Waals surface area contributed by atoms with Crippen LogP contribution in [-0.2, 0) is 7.05 Å². The number of hydrogen-bond donors (Lipinski definition) is 1. The molecule has 1 aliphatic heterocycles. The summed E-state index contributed by atoms with van der Waals surface area (Å²) >= 11 is 1.59. The van der Waals surface area contributed by atoms with Crippen LogP contribution in [0.2, 0.25) is 0 Å². The molecule has 1 saturated heterocycles. The first-order chi connectivity index (χ1) is 12.5. The zero-order valence-corrected chi connectivity index (χ0v) is 15.2. The molecule has 7 nitrogen and oxygen atoms in total. The number of likely N-dealkylation sites (tertiary alicyclic amines) is 1. The first kappa shape index (κ1) is 16.6.